The van der Waals surface area contributed by atoms with Gasteiger partial charge in [0.25, 0.3) is 11.5 Å². The molecule has 2 aromatic heterocycles. The third kappa shape index (κ3) is 1.48. The summed E-state index contributed by atoms with van der Waals surface area (Å²) in [6.45, 7) is 0. The maximum Gasteiger partial charge on any atom is 0.299 e. The normalized spacial score (nSPS) is 10.4. The highest BCUT2D eigenvalue weighted by Gasteiger charge is 2.19. The van der Waals surface area contributed by atoms with E-state index in [2.05, 4.69) is 10.3 Å². The predicted octanol–water partition coefficient (Wildman–Crippen LogP) is -0.424. The first kappa shape index (κ1) is 10.9. The van der Waals surface area contributed by atoms with Gasteiger partial charge in [-0.25, -0.2) is 4.98 Å². The number of aromatic nitrogens is 2. The van der Waals surface area contributed by atoms with Gasteiger partial charge in [-0.2, -0.15) is 0 Å². The Bertz CT molecular complexity index is 662. The molecule has 1 amide bonds. The standard InChI is InChI=1S/C10H10N4O3/c1-12-9(15)6-7(11)5-3-2-4-13-8(5)14(17)10(6)16/h2-4,17H,11H2,1H3,(H,12,15). The van der Waals surface area contributed by atoms with E-state index in [9.17, 15) is 14.8 Å². The maximum atomic E-state index is 11.7. The van der Waals surface area contributed by atoms with E-state index in [1.54, 1.807) is 12.1 Å². The average Bonchev–Trinajstić information content (AvgIpc) is 2.36. The van der Waals surface area contributed by atoms with Crippen LogP contribution in [-0.4, -0.2) is 27.9 Å². The van der Waals surface area contributed by atoms with Crippen molar-refractivity contribution in [1.29, 1.82) is 0 Å². The van der Waals surface area contributed by atoms with Crippen LogP contribution in [0.25, 0.3) is 11.0 Å². The number of rotatable bonds is 1. The van der Waals surface area contributed by atoms with Crippen LogP contribution in [0.15, 0.2) is 23.1 Å². The molecule has 0 radical (unpaired) electrons. The number of pyridine rings is 2. The first-order valence-corrected chi connectivity index (χ1v) is 4.78. The first-order valence-electron chi connectivity index (χ1n) is 4.78. The number of carbonyl (C=O) groups is 1. The van der Waals surface area contributed by atoms with E-state index in [0.717, 1.165) is 0 Å². The van der Waals surface area contributed by atoms with E-state index in [-0.39, 0.29) is 16.9 Å². The molecule has 0 fully saturated rings. The molecule has 0 saturated heterocycles. The average molecular weight is 234 g/mol. The smallest absolute Gasteiger partial charge is 0.299 e. The summed E-state index contributed by atoms with van der Waals surface area (Å²) in [6, 6.07) is 3.16. The van der Waals surface area contributed by atoms with E-state index >= 15 is 0 Å². The summed E-state index contributed by atoms with van der Waals surface area (Å²) in [7, 11) is 1.37. The van der Waals surface area contributed by atoms with E-state index in [0.29, 0.717) is 10.1 Å². The van der Waals surface area contributed by atoms with Gasteiger partial charge in [0, 0.05) is 18.6 Å². The largest absolute Gasteiger partial charge is 0.423 e. The molecule has 2 aromatic rings. The number of nitrogens with two attached hydrogens (primary N) is 1. The van der Waals surface area contributed by atoms with Crippen molar-refractivity contribution in [3.63, 3.8) is 0 Å². The van der Waals surface area contributed by atoms with Gasteiger partial charge in [0.1, 0.15) is 5.56 Å². The van der Waals surface area contributed by atoms with Crippen LogP contribution in [-0.2, 0) is 0 Å². The monoisotopic (exact) mass is 234 g/mol. The van der Waals surface area contributed by atoms with E-state index in [1.807, 2.05) is 0 Å². The lowest BCUT2D eigenvalue weighted by atomic mass is 10.1. The van der Waals surface area contributed by atoms with Crippen LogP contribution in [0.2, 0.25) is 0 Å². The van der Waals surface area contributed by atoms with Crippen LogP contribution < -0.4 is 16.6 Å². The Morgan fingerprint density at radius 3 is 2.94 bits per heavy atom. The lowest BCUT2D eigenvalue weighted by Crippen LogP contribution is -2.32. The Balaban J connectivity index is 2.97. The van der Waals surface area contributed by atoms with Crippen molar-refractivity contribution < 1.29 is 10.0 Å². The van der Waals surface area contributed by atoms with Gasteiger partial charge in [-0.3, -0.25) is 9.59 Å². The Kier molecular flexibility index (Phi) is 2.43. The van der Waals surface area contributed by atoms with Gasteiger partial charge in [0.2, 0.25) is 0 Å². The lowest BCUT2D eigenvalue weighted by molar-refractivity contribution is 0.0957. The summed E-state index contributed by atoms with van der Waals surface area (Å²) >= 11 is 0. The van der Waals surface area contributed by atoms with Crippen molar-refractivity contribution >= 4 is 22.6 Å². The zero-order valence-electron chi connectivity index (χ0n) is 8.97. The van der Waals surface area contributed by atoms with Gasteiger partial charge in [-0.1, -0.05) is 0 Å². The van der Waals surface area contributed by atoms with Crippen LogP contribution in [0.4, 0.5) is 5.69 Å². The molecule has 4 N–H and O–H groups in total. The number of hydrogen-bond donors (Lipinski definition) is 3. The molecule has 0 unspecified atom stereocenters. The van der Waals surface area contributed by atoms with Crippen molar-refractivity contribution in [2.75, 3.05) is 12.8 Å². The fourth-order valence-electron chi connectivity index (χ4n) is 1.57. The number of fused-ring (bicyclic) bond motifs is 1. The number of nitrogens with zero attached hydrogens (tertiary/aromatic N) is 2. The van der Waals surface area contributed by atoms with E-state index < -0.39 is 11.5 Å². The molecule has 0 aliphatic heterocycles. The quantitative estimate of drug-likeness (QED) is 0.580. The van der Waals surface area contributed by atoms with Crippen LogP contribution in [0.3, 0.4) is 0 Å². The first-order chi connectivity index (χ1) is 8.07. The molecule has 7 nitrogen and oxygen atoms in total. The highest BCUT2D eigenvalue weighted by atomic mass is 16.5. The van der Waals surface area contributed by atoms with Crippen LogP contribution in [0, 0.1) is 0 Å². The van der Waals surface area contributed by atoms with Crippen molar-refractivity contribution in [2.45, 2.75) is 0 Å². The number of anilines is 1. The van der Waals surface area contributed by atoms with E-state index in [4.69, 9.17) is 5.73 Å². The minimum Gasteiger partial charge on any atom is -0.423 e. The lowest BCUT2D eigenvalue weighted by Gasteiger charge is -2.09. The molecular formula is C10H10N4O3. The fourth-order valence-corrected chi connectivity index (χ4v) is 1.57. The molecule has 7 heteroatoms. The summed E-state index contributed by atoms with van der Waals surface area (Å²) in [5.41, 5.74) is 4.57. The molecule has 0 aliphatic carbocycles. The highest BCUT2D eigenvalue weighted by molar-refractivity contribution is 6.05. The number of amides is 1. The summed E-state index contributed by atoms with van der Waals surface area (Å²) in [5.74, 6) is -0.652. The summed E-state index contributed by atoms with van der Waals surface area (Å²) in [6.07, 6.45) is 1.41. The molecular weight excluding hydrogens is 224 g/mol. The molecule has 0 aromatic carbocycles. The van der Waals surface area contributed by atoms with Crippen LogP contribution in [0.5, 0.6) is 0 Å². The van der Waals surface area contributed by atoms with Crippen molar-refractivity contribution in [3.8, 4) is 0 Å². The zero-order valence-corrected chi connectivity index (χ0v) is 8.97. The Morgan fingerprint density at radius 2 is 2.29 bits per heavy atom. The molecule has 0 atom stereocenters. The third-order valence-electron chi connectivity index (χ3n) is 2.41. The van der Waals surface area contributed by atoms with Crippen LogP contribution in [0.1, 0.15) is 10.4 Å². The van der Waals surface area contributed by atoms with Crippen LogP contribution >= 0.6 is 0 Å². The second-order valence-corrected chi connectivity index (χ2v) is 3.36. The topological polar surface area (TPSA) is 110 Å². The van der Waals surface area contributed by atoms with E-state index in [1.165, 1.54) is 13.2 Å². The molecule has 17 heavy (non-hydrogen) atoms. The van der Waals surface area contributed by atoms with Gasteiger partial charge in [0.05, 0.1) is 5.69 Å². The Morgan fingerprint density at radius 1 is 1.59 bits per heavy atom. The second-order valence-electron chi connectivity index (χ2n) is 3.36. The van der Waals surface area contributed by atoms with Gasteiger partial charge in [-0.15, -0.1) is 4.73 Å². The molecule has 0 spiro atoms. The molecule has 0 aliphatic rings. The van der Waals surface area contributed by atoms with Gasteiger partial charge >= 0.3 is 0 Å². The molecule has 2 heterocycles. The molecule has 88 valence electrons. The number of carbonyl (C=O) groups excluding carboxylic acids is 1. The number of nitrogens with one attached hydrogen (secondary N) is 1. The molecule has 0 bridgehead atoms. The Labute approximate surface area is 95.5 Å². The second kappa shape index (κ2) is 3.78. The third-order valence-corrected chi connectivity index (χ3v) is 2.41. The Hall–Kier alpha value is -2.57. The number of hydrogen-bond acceptors (Lipinski definition) is 5. The van der Waals surface area contributed by atoms with Crippen molar-refractivity contribution in [1.82, 2.24) is 15.0 Å². The zero-order chi connectivity index (χ0) is 12.6. The maximum absolute atomic E-state index is 11.7. The summed E-state index contributed by atoms with van der Waals surface area (Å²) in [5, 5.41) is 12.2. The van der Waals surface area contributed by atoms with Crippen molar-refractivity contribution in [2.24, 2.45) is 0 Å². The van der Waals surface area contributed by atoms with Gasteiger partial charge in [-0.05, 0) is 12.1 Å². The van der Waals surface area contributed by atoms with Gasteiger partial charge in [0.15, 0.2) is 5.65 Å². The van der Waals surface area contributed by atoms with Gasteiger partial charge < -0.3 is 16.3 Å². The molecule has 2 rings (SSSR count). The minimum absolute atomic E-state index is 0.00255. The summed E-state index contributed by atoms with van der Waals surface area (Å²) in [4.78, 5) is 27.1. The fraction of sp³-hybridized carbons (Fsp3) is 0.100. The SMILES string of the molecule is CNC(=O)c1c(N)c2cccnc2n(O)c1=O. The number of nitrogen functional groups attached to an aromatic ring is 1. The van der Waals surface area contributed by atoms with Crippen molar-refractivity contribution in [3.05, 3.63) is 34.2 Å². The predicted molar refractivity (Wildman–Crippen MR) is 61.0 cm³/mol. The molecule has 0 saturated carbocycles. The minimum atomic E-state index is -0.895. The highest BCUT2D eigenvalue weighted by Crippen LogP contribution is 2.19. The summed E-state index contributed by atoms with van der Waals surface area (Å²) < 4.78 is 0.316.